The molecule has 0 heterocycles. The van der Waals surface area contributed by atoms with Gasteiger partial charge in [0.05, 0.1) is 0 Å². The average molecular weight is 186 g/mol. The number of aldehydes is 1. The van der Waals surface area contributed by atoms with Crippen LogP contribution in [0.1, 0.15) is 29.5 Å². The van der Waals surface area contributed by atoms with Crippen molar-refractivity contribution in [3.8, 4) is 0 Å². The van der Waals surface area contributed by atoms with Crippen LogP contribution in [-0.4, -0.2) is 6.29 Å². The van der Waals surface area contributed by atoms with E-state index < -0.39 is 0 Å². The monoisotopic (exact) mass is 186 g/mol. The lowest BCUT2D eigenvalue weighted by molar-refractivity contribution is -0.107. The van der Waals surface area contributed by atoms with Crippen LogP contribution in [0.25, 0.3) is 6.08 Å². The molecular weight excluding hydrogens is 172 g/mol. The molecule has 2 rings (SSSR count). The minimum Gasteiger partial charge on any atom is -0.303 e. The number of hydrogen-bond donors (Lipinski definition) is 0. The Hall–Kier alpha value is -1.37. The molecule has 0 unspecified atom stereocenters. The van der Waals surface area contributed by atoms with E-state index >= 15 is 0 Å². The van der Waals surface area contributed by atoms with Crippen LogP contribution in [0.15, 0.2) is 24.3 Å². The minimum atomic E-state index is 0.627. The topological polar surface area (TPSA) is 17.1 Å². The summed E-state index contributed by atoms with van der Waals surface area (Å²) in [6.45, 7) is 0. The van der Waals surface area contributed by atoms with Gasteiger partial charge in [0.1, 0.15) is 6.29 Å². The number of benzene rings is 1. The Bertz CT molecular complexity index is 363. The van der Waals surface area contributed by atoms with Crippen LogP contribution in [0.4, 0.5) is 0 Å². The smallest absolute Gasteiger partial charge is 0.120 e. The number of carbonyl (C=O) groups is 1. The highest BCUT2D eigenvalue weighted by atomic mass is 16.1. The van der Waals surface area contributed by atoms with Crippen LogP contribution in [0.3, 0.4) is 0 Å². The Morgan fingerprint density at radius 3 is 3.14 bits per heavy atom. The van der Waals surface area contributed by atoms with Gasteiger partial charge in [0, 0.05) is 6.42 Å². The Balaban J connectivity index is 2.21. The van der Waals surface area contributed by atoms with Gasteiger partial charge in [-0.3, -0.25) is 0 Å². The Morgan fingerprint density at radius 2 is 2.29 bits per heavy atom. The molecule has 1 aliphatic rings. The summed E-state index contributed by atoms with van der Waals surface area (Å²) in [4.78, 5) is 10.3. The van der Waals surface area contributed by atoms with Crippen LogP contribution in [0.5, 0.6) is 0 Å². The fourth-order valence-corrected chi connectivity index (χ4v) is 1.86. The normalized spacial score (nSPS) is 13.7. The molecule has 0 fully saturated rings. The number of hydrogen-bond acceptors (Lipinski definition) is 1. The van der Waals surface area contributed by atoms with E-state index in [2.05, 4.69) is 30.4 Å². The van der Waals surface area contributed by atoms with Gasteiger partial charge in [0.15, 0.2) is 0 Å². The lowest BCUT2D eigenvalue weighted by Gasteiger charge is -2.11. The SMILES string of the molecule is O=CCCc1ccc2c(c1)C=CCC2. The summed E-state index contributed by atoms with van der Waals surface area (Å²) in [6, 6.07) is 6.54. The van der Waals surface area contributed by atoms with Crippen molar-refractivity contribution in [3.63, 3.8) is 0 Å². The third-order valence-corrected chi connectivity index (χ3v) is 2.64. The van der Waals surface area contributed by atoms with E-state index in [9.17, 15) is 4.79 Å². The quantitative estimate of drug-likeness (QED) is 0.663. The summed E-state index contributed by atoms with van der Waals surface area (Å²) in [6.07, 6.45) is 9.18. The first-order valence-electron chi connectivity index (χ1n) is 5.12. The van der Waals surface area contributed by atoms with Crippen molar-refractivity contribution in [3.05, 3.63) is 41.0 Å². The first-order chi connectivity index (χ1) is 6.90. The maximum absolute atomic E-state index is 10.3. The zero-order valence-corrected chi connectivity index (χ0v) is 8.20. The molecule has 0 aliphatic heterocycles. The molecule has 1 aromatic rings. The number of aryl methyl sites for hydroxylation is 2. The standard InChI is InChI=1S/C13H14O/c14-9-3-4-11-7-8-12-5-1-2-6-13(12)10-11/h2,6-10H,1,3-5H2. The Kier molecular flexibility index (Phi) is 2.78. The van der Waals surface area contributed by atoms with E-state index in [4.69, 9.17) is 0 Å². The first kappa shape index (κ1) is 9.20. The Labute approximate surface area is 84.5 Å². The maximum atomic E-state index is 10.3. The molecule has 1 aliphatic carbocycles. The summed E-state index contributed by atoms with van der Waals surface area (Å²) in [7, 11) is 0. The summed E-state index contributed by atoms with van der Waals surface area (Å²) in [5.74, 6) is 0. The van der Waals surface area contributed by atoms with Gasteiger partial charge in [-0.25, -0.2) is 0 Å². The van der Waals surface area contributed by atoms with E-state index in [0.717, 1.165) is 25.5 Å². The molecule has 0 bridgehead atoms. The molecule has 14 heavy (non-hydrogen) atoms. The van der Waals surface area contributed by atoms with Gasteiger partial charge in [-0.05, 0) is 36.0 Å². The lowest BCUT2D eigenvalue weighted by atomic mass is 9.94. The third-order valence-electron chi connectivity index (χ3n) is 2.64. The second-order valence-electron chi connectivity index (χ2n) is 3.68. The lowest BCUT2D eigenvalue weighted by Crippen LogP contribution is -1.96. The molecule has 0 radical (unpaired) electrons. The van der Waals surface area contributed by atoms with Crippen molar-refractivity contribution in [2.24, 2.45) is 0 Å². The van der Waals surface area contributed by atoms with Crippen LogP contribution in [-0.2, 0) is 17.6 Å². The van der Waals surface area contributed by atoms with Gasteiger partial charge in [0.25, 0.3) is 0 Å². The van der Waals surface area contributed by atoms with Crippen molar-refractivity contribution >= 4 is 12.4 Å². The van der Waals surface area contributed by atoms with E-state index in [1.165, 1.54) is 16.7 Å². The molecule has 1 nitrogen and oxygen atoms in total. The van der Waals surface area contributed by atoms with E-state index in [1.807, 2.05) is 0 Å². The largest absolute Gasteiger partial charge is 0.303 e. The molecule has 0 atom stereocenters. The van der Waals surface area contributed by atoms with Crippen LogP contribution in [0, 0.1) is 0 Å². The molecule has 1 aromatic carbocycles. The Morgan fingerprint density at radius 1 is 1.36 bits per heavy atom. The molecule has 0 amide bonds. The molecule has 72 valence electrons. The zero-order valence-electron chi connectivity index (χ0n) is 8.20. The predicted molar refractivity (Wildman–Crippen MR) is 58.2 cm³/mol. The molecule has 0 saturated heterocycles. The van der Waals surface area contributed by atoms with Gasteiger partial charge in [-0.2, -0.15) is 0 Å². The maximum Gasteiger partial charge on any atom is 0.120 e. The fourth-order valence-electron chi connectivity index (χ4n) is 1.86. The van der Waals surface area contributed by atoms with Crippen molar-refractivity contribution in [2.45, 2.75) is 25.7 Å². The summed E-state index contributed by atoms with van der Waals surface area (Å²) in [5, 5.41) is 0. The first-order valence-corrected chi connectivity index (χ1v) is 5.12. The highest BCUT2D eigenvalue weighted by Crippen LogP contribution is 2.20. The minimum absolute atomic E-state index is 0.627. The third kappa shape index (κ3) is 1.92. The molecule has 0 saturated carbocycles. The number of allylic oxidation sites excluding steroid dienone is 1. The van der Waals surface area contributed by atoms with Gasteiger partial charge in [-0.15, -0.1) is 0 Å². The average Bonchev–Trinajstić information content (AvgIpc) is 2.26. The second kappa shape index (κ2) is 4.23. The second-order valence-corrected chi connectivity index (χ2v) is 3.68. The van der Waals surface area contributed by atoms with Crippen LogP contribution >= 0.6 is 0 Å². The van der Waals surface area contributed by atoms with Crippen molar-refractivity contribution in [1.29, 1.82) is 0 Å². The number of carbonyl (C=O) groups excluding carboxylic acids is 1. The number of rotatable bonds is 3. The number of fused-ring (bicyclic) bond motifs is 1. The molecule has 0 aromatic heterocycles. The summed E-state index contributed by atoms with van der Waals surface area (Å²) in [5.41, 5.74) is 4.03. The van der Waals surface area contributed by atoms with E-state index in [-0.39, 0.29) is 0 Å². The summed E-state index contributed by atoms with van der Waals surface area (Å²) < 4.78 is 0. The van der Waals surface area contributed by atoms with Crippen molar-refractivity contribution in [2.75, 3.05) is 0 Å². The fraction of sp³-hybridized carbons (Fsp3) is 0.308. The van der Waals surface area contributed by atoms with Crippen molar-refractivity contribution in [1.82, 2.24) is 0 Å². The molecular formula is C13H14O. The van der Waals surface area contributed by atoms with Gasteiger partial charge >= 0.3 is 0 Å². The highest BCUT2D eigenvalue weighted by Gasteiger charge is 2.04. The van der Waals surface area contributed by atoms with E-state index in [0.29, 0.717) is 6.42 Å². The highest BCUT2D eigenvalue weighted by molar-refractivity contribution is 5.58. The zero-order chi connectivity index (χ0) is 9.80. The van der Waals surface area contributed by atoms with Gasteiger partial charge in [-0.1, -0.05) is 30.4 Å². The van der Waals surface area contributed by atoms with Crippen molar-refractivity contribution < 1.29 is 4.79 Å². The van der Waals surface area contributed by atoms with Gasteiger partial charge < -0.3 is 4.79 Å². The predicted octanol–water partition coefficient (Wildman–Crippen LogP) is 2.78. The van der Waals surface area contributed by atoms with Crippen LogP contribution < -0.4 is 0 Å². The molecule has 1 heteroatoms. The molecule has 0 N–H and O–H groups in total. The van der Waals surface area contributed by atoms with E-state index in [1.54, 1.807) is 0 Å². The van der Waals surface area contributed by atoms with Crippen LogP contribution in [0.2, 0.25) is 0 Å². The summed E-state index contributed by atoms with van der Waals surface area (Å²) >= 11 is 0. The molecule has 0 spiro atoms. The van der Waals surface area contributed by atoms with Gasteiger partial charge in [0.2, 0.25) is 0 Å².